The topological polar surface area (TPSA) is 72.5 Å². The quantitative estimate of drug-likeness (QED) is 0.903. The van der Waals surface area contributed by atoms with Crippen LogP contribution in [0.25, 0.3) is 0 Å². The maximum atomic E-state index is 12.4. The van der Waals surface area contributed by atoms with Crippen molar-refractivity contribution in [2.24, 2.45) is 0 Å². The fraction of sp³-hybridized carbons (Fsp3) is 0.278. The molecule has 0 saturated carbocycles. The highest BCUT2D eigenvalue weighted by molar-refractivity contribution is 7.90. The Hall–Kier alpha value is -2.34. The number of hydrogen-bond acceptors (Lipinski definition) is 4. The van der Waals surface area contributed by atoms with Gasteiger partial charge in [-0.1, -0.05) is 23.8 Å². The number of amides is 1. The fourth-order valence-corrected chi connectivity index (χ4v) is 3.08. The van der Waals surface area contributed by atoms with E-state index < -0.39 is 9.84 Å². The number of aryl methyl sites for hydroxylation is 1. The largest absolute Gasteiger partial charge is 0.496 e. The van der Waals surface area contributed by atoms with Crippen molar-refractivity contribution < 1.29 is 17.9 Å². The van der Waals surface area contributed by atoms with Gasteiger partial charge in [-0.05, 0) is 38.1 Å². The van der Waals surface area contributed by atoms with Crippen molar-refractivity contribution in [3.63, 3.8) is 0 Å². The molecule has 5 nitrogen and oxygen atoms in total. The summed E-state index contributed by atoms with van der Waals surface area (Å²) < 4.78 is 28.6. The van der Waals surface area contributed by atoms with Crippen LogP contribution in [0.5, 0.6) is 5.75 Å². The number of carbonyl (C=O) groups excluding carboxylic acids is 1. The third kappa shape index (κ3) is 4.14. The Balaban J connectivity index is 2.25. The molecule has 2 aromatic rings. The SMILES string of the molecule is COc1ccc(C)cc1C(C)NC(=O)c1cccc(S(C)(=O)=O)c1. The summed E-state index contributed by atoms with van der Waals surface area (Å²) in [5, 5.41) is 2.88. The molecule has 0 spiro atoms. The number of rotatable bonds is 5. The molecular formula is C18H21NO4S. The molecule has 0 bridgehead atoms. The Kier molecular flexibility index (Phi) is 5.29. The van der Waals surface area contributed by atoms with E-state index in [1.807, 2.05) is 32.0 Å². The number of sulfone groups is 1. The molecular weight excluding hydrogens is 326 g/mol. The van der Waals surface area contributed by atoms with Gasteiger partial charge in [0.1, 0.15) is 5.75 Å². The van der Waals surface area contributed by atoms with Crippen LogP contribution in [-0.4, -0.2) is 27.7 Å². The van der Waals surface area contributed by atoms with Crippen molar-refractivity contribution in [2.75, 3.05) is 13.4 Å². The Labute approximate surface area is 142 Å². The molecule has 2 rings (SSSR count). The molecule has 0 aromatic heterocycles. The summed E-state index contributed by atoms with van der Waals surface area (Å²) in [6.45, 7) is 3.82. The summed E-state index contributed by atoms with van der Waals surface area (Å²) in [5.41, 5.74) is 2.23. The van der Waals surface area contributed by atoms with E-state index in [1.54, 1.807) is 19.2 Å². The molecule has 1 unspecified atom stereocenters. The lowest BCUT2D eigenvalue weighted by Crippen LogP contribution is -2.27. The lowest BCUT2D eigenvalue weighted by Gasteiger charge is -2.18. The number of carbonyl (C=O) groups is 1. The lowest BCUT2D eigenvalue weighted by molar-refractivity contribution is 0.0939. The average Bonchev–Trinajstić information content (AvgIpc) is 2.54. The van der Waals surface area contributed by atoms with Crippen LogP contribution in [-0.2, 0) is 9.84 Å². The minimum Gasteiger partial charge on any atom is -0.496 e. The van der Waals surface area contributed by atoms with Gasteiger partial charge in [-0.2, -0.15) is 0 Å². The van der Waals surface area contributed by atoms with Crippen LogP contribution in [0.2, 0.25) is 0 Å². The Morgan fingerprint density at radius 2 is 1.88 bits per heavy atom. The van der Waals surface area contributed by atoms with Crippen molar-refractivity contribution in [3.8, 4) is 5.75 Å². The molecule has 24 heavy (non-hydrogen) atoms. The predicted molar refractivity (Wildman–Crippen MR) is 93.2 cm³/mol. The molecule has 6 heteroatoms. The molecule has 0 aliphatic carbocycles. The fourth-order valence-electron chi connectivity index (χ4n) is 2.42. The average molecular weight is 347 g/mol. The van der Waals surface area contributed by atoms with Crippen LogP contribution in [0.1, 0.15) is 34.5 Å². The minimum absolute atomic E-state index is 0.121. The third-order valence-corrected chi connectivity index (χ3v) is 4.83. The Morgan fingerprint density at radius 3 is 2.50 bits per heavy atom. The van der Waals surface area contributed by atoms with E-state index >= 15 is 0 Å². The highest BCUT2D eigenvalue weighted by Gasteiger charge is 2.17. The van der Waals surface area contributed by atoms with E-state index in [0.29, 0.717) is 11.3 Å². The van der Waals surface area contributed by atoms with Crippen LogP contribution in [0, 0.1) is 6.92 Å². The monoisotopic (exact) mass is 347 g/mol. The molecule has 1 atom stereocenters. The standard InChI is InChI=1S/C18H21NO4S/c1-12-8-9-17(23-3)16(10-12)13(2)19-18(20)14-6-5-7-15(11-14)24(4,21)22/h5-11,13H,1-4H3,(H,19,20). The maximum Gasteiger partial charge on any atom is 0.251 e. The minimum atomic E-state index is -3.36. The van der Waals surface area contributed by atoms with Gasteiger partial charge in [0.05, 0.1) is 18.0 Å². The zero-order valence-corrected chi connectivity index (χ0v) is 15.0. The maximum absolute atomic E-state index is 12.4. The molecule has 1 N–H and O–H groups in total. The highest BCUT2D eigenvalue weighted by atomic mass is 32.2. The van der Waals surface area contributed by atoms with Gasteiger partial charge in [0.2, 0.25) is 0 Å². The molecule has 0 radical (unpaired) electrons. The number of nitrogens with one attached hydrogen (secondary N) is 1. The Bertz CT molecular complexity index is 859. The summed E-state index contributed by atoms with van der Waals surface area (Å²) >= 11 is 0. The van der Waals surface area contributed by atoms with E-state index in [0.717, 1.165) is 17.4 Å². The first-order chi connectivity index (χ1) is 11.2. The zero-order chi connectivity index (χ0) is 17.9. The van der Waals surface area contributed by atoms with Gasteiger partial charge < -0.3 is 10.1 Å². The molecule has 0 fully saturated rings. The van der Waals surface area contributed by atoms with Crippen LogP contribution < -0.4 is 10.1 Å². The van der Waals surface area contributed by atoms with E-state index in [4.69, 9.17) is 4.74 Å². The van der Waals surface area contributed by atoms with Crippen LogP contribution in [0.3, 0.4) is 0 Å². The van der Waals surface area contributed by atoms with Crippen LogP contribution in [0.15, 0.2) is 47.4 Å². The number of methoxy groups -OCH3 is 1. The zero-order valence-electron chi connectivity index (χ0n) is 14.2. The van der Waals surface area contributed by atoms with Crippen molar-refractivity contribution in [3.05, 3.63) is 59.2 Å². The Morgan fingerprint density at radius 1 is 1.17 bits per heavy atom. The van der Waals surface area contributed by atoms with Gasteiger partial charge in [0.15, 0.2) is 9.84 Å². The molecule has 0 aliphatic rings. The van der Waals surface area contributed by atoms with Crippen LogP contribution >= 0.6 is 0 Å². The summed E-state index contributed by atoms with van der Waals surface area (Å²) in [6, 6.07) is 11.5. The van der Waals surface area contributed by atoms with Gasteiger partial charge in [-0.3, -0.25) is 4.79 Å². The van der Waals surface area contributed by atoms with E-state index in [2.05, 4.69) is 5.32 Å². The van der Waals surface area contributed by atoms with Gasteiger partial charge >= 0.3 is 0 Å². The summed E-state index contributed by atoms with van der Waals surface area (Å²) in [7, 11) is -1.77. The highest BCUT2D eigenvalue weighted by Crippen LogP contribution is 2.26. The third-order valence-electron chi connectivity index (χ3n) is 3.72. The molecule has 2 aromatic carbocycles. The molecule has 0 saturated heterocycles. The first kappa shape index (κ1) is 18.0. The summed E-state index contributed by atoms with van der Waals surface area (Å²) in [4.78, 5) is 12.6. The number of hydrogen-bond donors (Lipinski definition) is 1. The van der Waals surface area contributed by atoms with E-state index in [-0.39, 0.29) is 16.8 Å². The normalized spacial score (nSPS) is 12.5. The summed E-state index contributed by atoms with van der Waals surface area (Å²) in [5.74, 6) is 0.356. The molecule has 128 valence electrons. The van der Waals surface area contributed by atoms with Crippen molar-refractivity contribution in [2.45, 2.75) is 24.8 Å². The lowest BCUT2D eigenvalue weighted by atomic mass is 10.0. The first-order valence-electron chi connectivity index (χ1n) is 7.48. The van der Waals surface area contributed by atoms with Crippen molar-refractivity contribution >= 4 is 15.7 Å². The van der Waals surface area contributed by atoms with Gasteiger partial charge in [-0.25, -0.2) is 8.42 Å². The first-order valence-corrected chi connectivity index (χ1v) is 9.37. The molecule has 0 heterocycles. The smallest absolute Gasteiger partial charge is 0.251 e. The second-order valence-corrected chi connectivity index (χ2v) is 7.76. The van der Waals surface area contributed by atoms with Gasteiger partial charge in [0.25, 0.3) is 5.91 Å². The molecule has 1 amide bonds. The number of benzene rings is 2. The van der Waals surface area contributed by atoms with E-state index in [1.165, 1.54) is 12.1 Å². The second kappa shape index (κ2) is 7.05. The van der Waals surface area contributed by atoms with Gasteiger partial charge in [0, 0.05) is 17.4 Å². The molecule has 0 aliphatic heterocycles. The van der Waals surface area contributed by atoms with Gasteiger partial charge in [-0.15, -0.1) is 0 Å². The van der Waals surface area contributed by atoms with Crippen LogP contribution in [0.4, 0.5) is 0 Å². The summed E-state index contributed by atoms with van der Waals surface area (Å²) in [6.07, 6.45) is 1.12. The van der Waals surface area contributed by atoms with E-state index in [9.17, 15) is 13.2 Å². The predicted octanol–water partition coefficient (Wildman–Crippen LogP) is 2.90. The number of ether oxygens (including phenoxy) is 1. The van der Waals surface area contributed by atoms with Crippen molar-refractivity contribution in [1.29, 1.82) is 0 Å². The van der Waals surface area contributed by atoms with Crippen molar-refractivity contribution in [1.82, 2.24) is 5.32 Å². The second-order valence-electron chi connectivity index (χ2n) is 5.74.